The molecule has 0 aromatic carbocycles. The molecule has 1 N–H and O–H groups in total. The van der Waals surface area contributed by atoms with Crippen molar-refractivity contribution in [2.45, 2.75) is 38.1 Å². The van der Waals surface area contributed by atoms with Crippen molar-refractivity contribution in [1.82, 2.24) is 15.1 Å². The normalized spacial score (nSPS) is 16.3. The van der Waals surface area contributed by atoms with Gasteiger partial charge in [0.15, 0.2) is 0 Å². The summed E-state index contributed by atoms with van der Waals surface area (Å²) in [5.74, 6) is 0. The van der Waals surface area contributed by atoms with Gasteiger partial charge in [0.2, 0.25) is 0 Å². The van der Waals surface area contributed by atoms with Gasteiger partial charge in [-0.15, -0.1) is 11.3 Å². The molecular weight excluding hydrogens is 254 g/mol. The van der Waals surface area contributed by atoms with Crippen molar-refractivity contribution < 1.29 is 0 Å². The Morgan fingerprint density at radius 2 is 2.26 bits per heavy atom. The molecule has 1 atom stereocenters. The van der Waals surface area contributed by atoms with Gasteiger partial charge < -0.3 is 5.32 Å². The molecule has 3 rings (SSSR count). The van der Waals surface area contributed by atoms with Crippen molar-refractivity contribution in [1.29, 1.82) is 0 Å². The molecule has 1 unspecified atom stereocenters. The largest absolute Gasteiger partial charge is 0.312 e. The van der Waals surface area contributed by atoms with Gasteiger partial charge in [-0.05, 0) is 50.4 Å². The van der Waals surface area contributed by atoms with E-state index in [4.69, 9.17) is 0 Å². The molecule has 2 heterocycles. The first-order chi connectivity index (χ1) is 9.26. The quantitative estimate of drug-likeness (QED) is 0.930. The van der Waals surface area contributed by atoms with E-state index in [1.807, 2.05) is 36.3 Å². The topological polar surface area (TPSA) is 29.9 Å². The zero-order valence-corrected chi connectivity index (χ0v) is 12.5. The number of thiophene rings is 1. The van der Waals surface area contributed by atoms with Crippen LogP contribution in [0.25, 0.3) is 0 Å². The van der Waals surface area contributed by atoms with Crippen molar-refractivity contribution >= 4 is 11.3 Å². The van der Waals surface area contributed by atoms with Crippen LogP contribution >= 0.6 is 11.3 Å². The van der Waals surface area contributed by atoms with Crippen LogP contribution in [0.3, 0.4) is 0 Å². The van der Waals surface area contributed by atoms with Gasteiger partial charge in [-0.2, -0.15) is 5.10 Å². The maximum absolute atomic E-state index is 4.49. The second-order valence-corrected chi connectivity index (χ2v) is 6.50. The summed E-state index contributed by atoms with van der Waals surface area (Å²) in [4.78, 5) is 3.09. The zero-order valence-electron chi connectivity index (χ0n) is 11.6. The van der Waals surface area contributed by atoms with E-state index < -0.39 is 0 Å². The van der Waals surface area contributed by atoms with Crippen molar-refractivity contribution in [3.05, 3.63) is 39.3 Å². The third-order valence-electron chi connectivity index (χ3n) is 3.89. The van der Waals surface area contributed by atoms with Crippen LogP contribution in [0.15, 0.2) is 18.3 Å². The molecule has 1 aliphatic carbocycles. The molecule has 3 nitrogen and oxygen atoms in total. The van der Waals surface area contributed by atoms with E-state index in [9.17, 15) is 0 Å². The average molecular weight is 275 g/mol. The molecule has 0 saturated heterocycles. The molecule has 0 amide bonds. The van der Waals surface area contributed by atoms with Gasteiger partial charge in [0.1, 0.15) is 0 Å². The summed E-state index contributed by atoms with van der Waals surface area (Å²) in [6.07, 6.45) is 8.25. The fourth-order valence-corrected chi connectivity index (χ4v) is 4.18. The lowest BCUT2D eigenvalue weighted by Gasteiger charge is -2.12. The third kappa shape index (κ3) is 2.74. The maximum atomic E-state index is 4.49. The lowest BCUT2D eigenvalue weighted by Crippen LogP contribution is -2.18. The Bertz CT molecular complexity index is 532. The first-order valence-electron chi connectivity index (χ1n) is 7.03. The molecule has 1 aliphatic rings. The Morgan fingerprint density at radius 3 is 2.95 bits per heavy atom. The second-order valence-electron chi connectivity index (χ2n) is 5.33. The molecular formula is C15H21N3S. The van der Waals surface area contributed by atoms with E-state index in [0.29, 0.717) is 6.04 Å². The summed E-state index contributed by atoms with van der Waals surface area (Å²) < 4.78 is 1.88. The Labute approximate surface area is 118 Å². The molecule has 2 aromatic heterocycles. The van der Waals surface area contributed by atoms with E-state index in [1.54, 1.807) is 10.4 Å². The number of nitrogens with one attached hydrogen (secondary N) is 1. The average Bonchev–Trinajstić information content (AvgIpc) is 3.01. The summed E-state index contributed by atoms with van der Waals surface area (Å²) in [7, 11) is 4.02. The van der Waals surface area contributed by atoms with Gasteiger partial charge in [-0.1, -0.05) is 0 Å². The fraction of sp³-hybridized carbons (Fsp3) is 0.533. The van der Waals surface area contributed by atoms with E-state index in [2.05, 4.69) is 22.5 Å². The predicted molar refractivity (Wildman–Crippen MR) is 79.7 cm³/mol. The summed E-state index contributed by atoms with van der Waals surface area (Å²) in [5, 5.41) is 7.93. The molecule has 0 spiro atoms. The van der Waals surface area contributed by atoms with Gasteiger partial charge in [0.05, 0.1) is 5.69 Å². The molecule has 0 fully saturated rings. The summed E-state index contributed by atoms with van der Waals surface area (Å²) >= 11 is 2.00. The summed E-state index contributed by atoms with van der Waals surface area (Å²) in [6.45, 7) is 0. The minimum Gasteiger partial charge on any atom is -0.312 e. The molecule has 102 valence electrons. The van der Waals surface area contributed by atoms with Crippen LogP contribution in [0.1, 0.15) is 39.9 Å². The smallest absolute Gasteiger partial charge is 0.0643 e. The molecule has 19 heavy (non-hydrogen) atoms. The predicted octanol–water partition coefficient (Wildman–Crippen LogP) is 2.86. The van der Waals surface area contributed by atoms with Gasteiger partial charge >= 0.3 is 0 Å². The maximum Gasteiger partial charge on any atom is 0.0643 e. The fourth-order valence-electron chi connectivity index (χ4n) is 2.81. The number of hydrogen-bond acceptors (Lipinski definition) is 3. The summed E-state index contributed by atoms with van der Waals surface area (Å²) in [5.41, 5.74) is 2.75. The minimum atomic E-state index is 0.394. The molecule has 0 radical (unpaired) electrons. The van der Waals surface area contributed by atoms with E-state index in [-0.39, 0.29) is 0 Å². The van der Waals surface area contributed by atoms with Crippen LogP contribution < -0.4 is 5.32 Å². The van der Waals surface area contributed by atoms with Gasteiger partial charge in [0, 0.05) is 35.5 Å². The van der Waals surface area contributed by atoms with Crippen LogP contribution in [-0.2, 0) is 26.3 Å². The van der Waals surface area contributed by atoms with E-state index in [1.165, 1.54) is 30.6 Å². The molecule has 0 aliphatic heterocycles. The van der Waals surface area contributed by atoms with Gasteiger partial charge in [-0.25, -0.2) is 0 Å². The Balaban J connectivity index is 1.79. The highest BCUT2D eigenvalue weighted by Crippen LogP contribution is 2.33. The zero-order chi connectivity index (χ0) is 13.2. The Morgan fingerprint density at radius 1 is 1.42 bits per heavy atom. The highest BCUT2D eigenvalue weighted by atomic mass is 32.1. The van der Waals surface area contributed by atoms with Gasteiger partial charge in [0.25, 0.3) is 0 Å². The van der Waals surface area contributed by atoms with Crippen molar-refractivity contribution in [3.8, 4) is 0 Å². The number of nitrogens with zero attached hydrogens (tertiary/aromatic N) is 2. The Kier molecular flexibility index (Phi) is 3.71. The van der Waals surface area contributed by atoms with Crippen LogP contribution in [0.4, 0.5) is 0 Å². The standard InChI is InChI=1S/C15H21N3S/c1-16-13(10-12-7-8-18(2)17-12)15-9-11-5-3-4-6-14(11)19-15/h7-9,13,16H,3-6,10H2,1-2H3. The highest BCUT2D eigenvalue weighted by Gasteiger charge is 2.19. The molecule has 4 heteroatoms. The number of rotatable bonds is 4. The third-order valence-corrected chi connectivity index (χ3v) is 5.24. The number of aryl methyl sites for hydroxylation is 3. The van der Waals surface area contributed by atoms with Crippen molar-refractivity contribution in [2.75, 3.05) is 7.05 Å². The lowest BCUT2D eigenvalue weighted by molar-refractivity contribution is 0.585. The van der Waals surface area contributed by atoms with Crippen molar-refractivity contribution in [3.63, 3.8) is 0 Å². The van der Waals surface area contributed by atoms with Crippen LogP contribution in [0.5, 0.6) is 0 Å². The molecule has 2 aromatic rings. The first kappa shape index (κ1) is 12.9. The number of hydrogen-bond donors (Lipinski definition) is 1. The Hall–Kier alpha value is -1.13. The number of fused-ring (bicyclic) bond motifs is 1. The lowest BCUT2D eigenvalue weighted by atomic mass is 9.98. The molecule has 0 bridgehead atoms. The van der Waals surface area contributed by atoms with E-state index >= 15 is 0 Å². The van der Waals surface area contributed by atoms with Crippen LogP contribution in [0, 0.1) is 0 Å². The van der Waals surface area contributed by atoms with Crippen LogP contribution in [-0.4, -0.2) is 16.8 Å². The van der Waals surface area contributed by atoms with Crippen molar-refractivity contribution in [2.24, 2.45) is 7.05 Å². The second kappa shape index (κ2) is 5.47. The number of aromatic nitrogens is 2. The minimum absolute atomic E-state index is 0.394. The SMILES string of the molecule is CNC(Cc1ccn(C)n1)c1cc2c(s1)CCCC2. The van der Waals surface area contributed by atoms with Crippen LogP contribution in [0.2, 0.25) is 0 Å². The highest BCUT2D eigenvalue weighted by molar-refractivity contribution is 7.12. The molecule has 0 saturated carbocycles. The van der Waals surface area contributed by atoms with Gasteiger partial charge in [-0.3, -0.25) is 4.68 Å². The van der Waals surface area contributed by atoms with E-state index in [0.717, 1.165) is 12.1 Å². The number of likely N-dealkylation sites (N-methyl/N-ethyl adjacent to an activating group) is 1. The summed E-state index contributed by atoms with van der Waals surface area (Å²) in [6, 6.07) is 4.92. The first-order valence-corrected chi connectivity index (χ1v) is 7.85. The monoisotopic (exact) mass is 275 g/mol.